The molecular weight excluding hydrogens is 366 g/mol. The van der Waals surface area contributed by atoms with E-state index in [-0.39, 0.29) is 17.5 Å². The number of piperidine rings is 1. The summed E-state index contributed by atoms with van der Waals surface area (Å²) in [5.74, 6) is 0.513. The largest absolute Gasteiger partial charge is 0.355 e. The predicted octanol–water partition coefficient (Wildman–Crippen LogP) is 1.35. The van der Waals surface area contributed by atoms with Gasteiger partial charge in [0, 0.05) is 31.7 Å². The summed E-state index contributed by atoms with van der Waals surface area (Å²) in [5, 5.41) is 13.8. The third-order valence-corrected chi connectivity index (χ3v) is 4.90. The first kappa shape index (κ1) is 17.6. The second-order valence-electron chi connectivity index (χ2n) is 5.53. The number of pyridine rings is 1. The summed E-state index contributed by atoms with van der Waals surface area (Å²) in [4.78, 5) is 28.9. The average molecular weight is 386 g/mol. The van der Waals surface area contributed by atoms with E-state index < -0.39 is 4.92 Å². The van der Waals surface area contributed by atoms with Crippen LogP contribution in [0.1, 0.15) is 18.4 Å². The molecule has 1 aliphatic heterocycles. The van der Waals surface area contributed by atoms with Gasteiger partial charge in [0.15, 0.2) is 0 Å². The first-order valence-corrected chi connectivity index (χ1v) is 8.27. The molecule has 1 fully saturated rings. The Morgan fingerprint density at radius 1 is 1.65 bits per heavy atom. The van der Waals surface area contributed by atoms with Crippen molar-refractivity contribution >= 4 is 33.3 Å². The lowest BCUT2D eigenvalue weighted by molar-refractivity contribution is -0.385. The van der Waals surface area contributed by atoms with Crippen LogP contribution in [0.25, 0.3) is 0 Å². The molecular formula is C14H20BrN5O3. The van der Waals surface area contributed by atoms with Gasteiger partial charge in [-0.15, -0.1) is 0 Å². The molecule has 2 heterocycles. The quantitative estimate of drug-likeness (QED) is 0.583. The van der Waals surface area contributed by atoms with Crippen molar-refractivity contribution in [2.45, 2.75) is 19.8 Å². The molecule has 0 spiro atoms. The van der Waals surface area contributed by atoms with Crippen LogP contribution in [-0.4, -0.2) is 42.0 Å². The number of carbonyl (C=O) groups excluding carboxylic acids is 1. The zero-order chi connectivity index (χ0) is 17.0. The number of nitrogens with one attached hydrogen (secondary N) is 1. The molecule has 0 aromatic carbocycles. The van der Waals surface area contributed by atoms with E-state index in [1.165, 1.54) is 6.20 Å². The minimum Gasteiger partial charge on any atom is -0.355 e. The molecule has 0 bridgehead atoms. The third-order valence-electron chi connectivity index (χ3n) is 3.95. The summed E-state index contributed by atoms with van der Waals surface area (Å²) < 4.78 is 0.606. The number of carbonyl (C=O) groups is 1. The van der Waals surface area contributed by atoms with Gasteiger partial charge in [0.1, 0.15) is 12.0 Å². The lowest BCUT2D eigenvalue weighted by atomic mass is 9.97. The van der Waals surface area contributed by atoms with Crippen LogP contribution >= 0.6 is 15.9 Å². The van der Waals surface area contributed by atoms with Gasteiger partial charge in [0.2, 0.25) is 5.91 Å². The van der Waals surface area contributed by atoms with Crippen LogP contribution in [0.3, 0.4) is 0 Å². The molecule has 1 atom stereocenters. The Balaban J connectivity index is 2.17. The fourth-order valence-electron chi connectivity index (χ4n) is 2.68. The number of anilines is 1. The number of hydrogen-bond donors (Lipinski definition) is 2. The number of halogens is 1. The van der Waals surface area contributed by atoms with Crippen molar-refractivity contribution in [2.75, 3.05) is 31.1 Å². The number of amides is 1. The summed E-state index contributed by atoms with van der Waals surface area (Å²) in [6, 6.07) is 0. The molecule has 0 aliphatic carbocycles. The van der Waals surface area contributed by atoms with Gasteiger partial charge < -0.3 is 16.0 Å². The van der Waals surface area contributed by atoms with E-state index in [4.69, 9.17) is 5.73 Å². The molecule has 1 aromatic heterocycles. The number of rotatable bonds is 5. The highest BCUT2D eigenvalue weighted by Gasteiger charge is 2.28. The maximum atomic E-state index is 12.1. The Morgan fingerprint density at radius 2 is 2.39 bits per heavy atom. The molecule has 1 aliphatic rings. The second-order valence-corrected chi connectivity index (χ2v) is 6.32. The number of aromatic nitrogens is 1. The highest BCUT2D eigenvalue weighted by molar-refractivity contribution is 9.10. The van der Waals surface area contributed by atoms with E-state index in [2.05, 4.69) is 26.2 Å². The van der Waals surface area contributed by atoms with Gasteiger partial charge in [-0.2, -0.15) is 0 Å². The first-order chi connectivity index (χ1) is 11.0. The third kappa shape index (κ3) is 3.97. The summed E-state index contributed by atoms with van der Waals surface area (Å²) in [6.07, 6.45) is 2.95. The molecule has 8 nitrogen and oxygen atoms in total. The SMILES string of the molecule is Cc1c([N+](=O)[O-])cnc(N2CCCC(C(=O)NCCN)C2)c1Br. The number of hydrogen-bond acceptors (Lipinski definition) is 6. The monoisotopic (exact) mass is 385 g/mol. The van der Waals surface area contributed by atoms with Crippen LogP contribution < -0.4 is 16.0 Å². The number of nitrogens with two attached hydrogens (primary N) is 1. The van der Waals surface area contributed by atoms with Crippen molar-refractivity contribution in [3.63, 3.8) is 0 Å². The Bertz CT molecular complexity index is 610. The fourth-order valence-corrected chi connectivity index (χ4v) is 3.24. The summed E-state index contributed by atoms with van der Waals surface area (Å²) in [5.41, 5.74) is 5.92. The van der Waals surface area contributed by atoms with Gasteiger partial charge in [-0.05, 0) is 35.7 Å². The van der Waals surface area contributed by atoms with E-state index in [0.29, 0.717) is 35.5 Å². The molecule has 23 heavy (non-hydrogen) atoms. The molecule has 1 amide bonds. The van der Waals surface area contributed by atoms with E-state index in [1.54, 1.807) is 6.92 Å². The van der Waals surface area contributed by atoms with Crippen molar-refractivity contribution in [1.82, 2.24) is 10.3 Å². The zero-order valence-corrected chi connectivity index (χ0v) is 14.5. The molecule has 0 radical (unpaired) electrons. The van der Waals surface area contributed by atoms with Crippen LogP contribution in [0.4, 0.5) is 11.5 Å². The Morgan fingerprint density at radius 3 is 3.04 bits per heavy atom. The zero-order valence-electron chi connectivity index (χ0n) is 12.9. The lowest BCUT2D eigenvalue weighted by Crippen LogP contribution is -2.44. The van der Waals surface area contributed by atoms with Crippen LogP contribution in [0.2, 0.25) is 0 Å². The summed E-state index contributed by atoms with van der Waals surface area (Å²) in [6.45, 7) is 3.87. The number of nitrogens with zero attached hydrogens (tertiary/aromatic N) is 3. The molecule has 3 N–H and O–H groups in total. The molecule has 2 rings (SSSR count). The maximum absolute atomic E-state index is 12.1. The Hall–Kier alpha value is -1.74. The normalized spacial score (nSPS) is 17.9. The van der Waals surface area contributed by atoms with Crippen LogP contribution in [0.5, 0.6) is 0 Å². The molecule has 0 saturated carbocycles. The molecule has 1 saturated heterocycles. The van der Waals surface area contributed by atoms with Gasteiger partial charge in [-0.25, -0.2) is 4.98 Å². The van der Waals surface area contributed by atoms with Crippen molar-refractivity contribution in [1.29, 1.82) is 0 Å². The minimum absolute atomic E-state index is 0.00472. The second kappa shape index (κ2) is 7.69. The highest BCUT2D eigenvalue weighted by atomic mass is 79.9. The van der Waals surface area contributed by atoms with E-state index in [9.17, 15) is 14.9 Å². The standard InChI is InChI=1S/C14H20BrN5O3/c1-9-11(20(22)23)7-18-13(12(9)15)19-6-2-3-10(8-19)14(21)17-5-4-16/h7,10H,2-6,8,16H2,1H3,(H,17,21). The van der Waals surface area contributed by atoms with Gasteiger partial charge in [-0.1, -0.05) is 0 Å². The smallest absolute Gasteiger partial charge is 0.291 e. The predicted molar refractivity (Wildman–Crippen MR) is 90.3 cm³/mol. The number of nitro groups is 1. The van der Waals surface area contributed by atoms with E-state index >= 15 is 0 Å². The topological polar surface area (TPSA) is 114 Å². The first-order valence-electron chi connectivity index (χ1n) is 7.48. The van der Waals surface area contributed by atoms with Crippen molar-refractivity contribution in [3.05, 3.63) is 26.3 Å². The average Bonchev–Trinajstić information content (AvgIpc) is 2.54. The molecule has 1 aromatic rings. The Kier molecular flexibility index (Phi) is 5.89. The van der Waals surface area contributed by atoms with Crippen LogP contribution in [0, 0.1) is 23.0 Å². The maximum Gasteiger partial charge on any atom is 0.291 e. The van der Waals surface area contributed by atoms with Crippen molar-refractivity contribution in [2.24, 2.45) is 11.7 Å². The molecule has 1 unspecified atom stereocenters. The molecule has 9 heteroatoms. The van der Waals surface area contributed by atoms with Crippen molar-refractivity contribution in [3.8, 4) is 0 Å². The van der Waals surface area contributed by atoms with Gasteiger partial charge in [0.25, 0.3) is 5.69 Å². The van der Waals surface area contributed by atoms with Crippen LogP contribution in [-0.2, 0) is 4.79 Å². The molecule has 126 valence electrons. The minimum atomic E-state index is -0.448. The summed E-state index contributed by atoms with van der Waals surface area (Å²) >= 11 is 3.41. The van der Waals surface area contributed by atoms with E-state index in [1.807, 2.05) is 4.90 Å². The van der Waals surface area contributed by atoms with Gasteiger partial charge >= 0.3 is 0 Å². The van der Waals surface area contributed by atoms with Gasteiger partial charge in [-0.3, -0.25) is 14.9 Å². The lowest BCUT2D eigenvalue weighted by Gasteiger charge is -2.33. The highest BCUT2D eigenvalue weighted by Crippen LogP contribution is 2.34. The fraction of sp³-hybridized carbons (Fsp3) is 0.571. The van der Waals surface area contributed by atoms with Crippen molar-refractivity contribution < 1.29 is 9.72 Å². The van der Waals surface area contributed by atoms with Crippen LogP contribution in [0.15, 0.2) is 10.7 Å². The Labute approximate surface area is 142 Å². The summed E-state index contributed by atoms with van der Waals surface area (Å²) in [7, 11) is 0. The van der Waals surface area contributed by atoms with E-state index in [0.717, 1.165) is 19.4 Å². The van der Waals surface area contributed by atoms with Gasteiger partial charge in [0.05, 0.1) is 15.3 Å².